The molecule has 15 heavy (non-hydrogen) atoms. The Morgan fingerprint density at radius 3 is 2.47 bits per heavy atom. The Bertz CT molecular complexity index is 507. The monoisotopic (exact) mass is 231 g/mol. The van der Waals surface area contributed by atoms with Gasteiger partial charge in [0.25, 0.3) is 10.0 Å². The van der Waals surface area contributed by atoms with Gasteiger partial charge in [-0.2, -0.15) is 8.42 Å². The average Bonchev–Trinajstić information content (AvgIpc) is 2.07. The number of hydrogen-bond donors (Lipinski definition) is 2. The Hall–Kier alpha value is -1.63. The molecular formula is C8H10FN3O2S. The van der Waals surface area contributed by atoms with Crippen LogP contribution in [0.25, 0.3) is 0 Å². The summed E-state index contributed by atoms with van der Waals surface area (Å²) >= 11 is 0. The zero-order valence-electron chi connectivity index (χ0n) is 7.94. The molecule has 0 unspecified atom stereocenters. The molecule has 5 nitrogen and oxygen atoms in total. The predicted octanol–water partition coefficient (Wildman–Crippen LogP) is 0.0962. The molecule has 7 heteroatoms. The van der Waals surface area contributed by atoms with E-state index in [-0.39, 0.29) is 10.5 Å². The average molecular weight is 231 g/mol. The second kappa shape index (κ2) is 3.85. The minimum absolute atomic E-state index is 0.144. The summed E-state index contributed by atoms with van der Waals surface area (Å²) < 4.78 is 38.8. The highest BCUT2D eigenvalue weighted by molar-refractivity contribution is 7.90. The Balaban J connectivity index is 3.29. The first kappa shape index (κ1) is 11.4. The van der Waals surface area contributed by atoms with Crippen LogP contribution in [0.5, 0.6) is 0 Å². The van der Waals surface area contributed by atoms with E-state index in [0.29, 0.717) is 0 Å². The van der Waals surface area contributed by atoms with Crippen molar-refractivity contribution < 1.29 is 12.8 Å². The molecule has 0 aromatic heterocycles. The highest BCUT2D eigenvalue weighted by Gasteiger charge is 2.14. The molecule has 4 N–H and O–H groups in total. The van der Waals surface area contributed by atoms with Gasteiger partial charge in [0.1, 0.15) is 5.82 Å². The van der Waals surface area contributed by atoms with E-state index in [1.165, 1.54) is 6.92 Å². The van der Waals surface area contributed by atoms with Gasteiger partial charge in [0.2, 0.25) is 5.96 Å². The van der Waals surface area contributed by atoms with Gasteiger partial charge in [0.05, 0.1) is 4.90 Å². The molecule has 0 heterocycles. The van der Waals surface area contributed by atoms with Gasteiger partial charge in [-0.05, 0) is 30.7 Å². The van der Waals surface area contributed by atoms with E-state index in [4.69, 9.17) is 11.5 Å². The molecule has 82 valence electrons. The normalized spacial score (nSPS) is 11.1. The van der Waals surface area contributed by atoms with Crippen molar-refractivity contribution in [1.82, 2.24) is 0 Å². The summed E-state index contributed by atoms with van der Waals surface area (Å²) in [5.41, 5.74) is 10.1. The summed E-state index contributed by atoms with van der Waals surface area (Å²) in [6, 6.07) is 3.31. The lowest BCUT2D eigenvalue weighted by molar-refractivity contribution is 0.595. The van der Waals surface area contributed by atoms with E-state index in [0.717, 1.165) is 18.2 Å². The summed E-state index contributed by atoms with van der Waals surface area (Å²) in [7, 11) is -3.93. The highest BCUT2D eigenvalue weighted by Crippen LogP contribution is 2.16. The lowest BCUT2D eigenvalue weighted by Gasteiger charge is -2.01. The van der Waals surface area contributed by atoms with Gasteiger partial charge in [-0.3, -0.25) is 0 Å². The fourth-order valence-corrected chi connectivity index (χ4v) is 1.92. The Morgan fingerprint density at radius 2 is 2.00 bits per heavy atom. The molecule has 0 fully saturated rings. The molecule has 1 aromatic carbocycles. The zero-order valence-corrected chi connectivity index (χ0v) is 8.75. The SMILES string of the molecule is Cc1cc(S(=O)(=O)N=C(N)N)ccc1F. The molecule has 0 saturated carbocycles. The number of nitrogens with zero attached hydrogens (tertiary/aromatic N) is 1. The predicted molar refractivity (Wildman–Crippen MR) is 54.1 cm³/mol. The minimum atomic E-state index is -3.93. The fraction of sp³-hybridized carbons (Fsp3) is 0.125. The summed E-state index contributed by atoms with van der Waals surface area (Å²) in [6.45, 7) is 1.45. The standard InChI is InChI=1S/C8H10FN3O2S/c1-5-4-6(2-3-7(5)9)15(13,14)12-8(10)11/h2-4H,1H3,(H4,10,11,12). The maximum atomic E-state index is 12.9. The zero-order chi connectivity index (χ0) is 11.6. The van der Waals surface area contributed by atoms with Crippen LogP contribution in [0.2, 0.25) is 0 Å². The highest BCUT2D eigenvalue weighted by atomic mass is 32.2. The van der Waals surface area contributed by atoms with Crippen LogP contribution in [0.3, 0.4) is 0 Å². The van der Waals surface area contributed by atoms with Gasteiger partial charge < -0.3 is 11.5 Å². The van der Waals surface area contributed by atoms with Crippen molar-refractivity contribution in [2.45, 2.75) is 11.8 Å². The van der Waals surface area contributed by atoms with Crippen molar-refractivity contribution in [1.29, 1.82) is 0 Å². The van der Waals surface area contributed by atoms with Crippen LogP contribution in [-0.4, -0.2) is 14.4 Å². The Labute approximate surface area is 86.7 Å². The maximum Gasteiger partial charge on any atom is 0.285 e. The van der Waals surface area contributed by atoms with Crippen LogP contribution in [0, 0.1) is 12.7 Å². The number of sulfonamides is 1. The first-order chi connectivity index (χ1) is 6.83. The smallest absolute Gasteiger partial charge is 0.285 e. The van der Waals surface area contributed by atoms with E-state index < -0.39 is 21.8 Å². The van der Waals surface area contributed by atoms with Gasteiger partial charge >= 0.3 is 0 Å². The van der Waals surface area contributed by atoms with Crippen molar-refractivity contribution in [3.8, 4) is 0 Å². The lowest BCUT2D eigenvalue weighted by Crippen LogP contribution is -2.24. The third-order valence-corrected chi connectivity index (χ3v) is 2.95. The molecule has 0 aliphatic heterocycles. The summed E-state index contributed by atoms with van der Waals surface area (Å²) in [6.07, 6.45) is 0. The molecule has 0 radical (unpaired) electrons. The van der Waals surface area contributed by atoms with Gasteiger partial charge in [0.15, 0.2) is 0 Å². The van der Waals surface area contributed by atoms with E-state index >= 15 is 0 Å². The molecule has 0 saturated heterocycles. The fourth-order valence-electron chi connectivity index (χ4n) is 0.969. The number of guanidine groups is 1. The summed E-state index contributed by atoms with van der Waals surface area (Å²) in [4.78, 5) is -0.144. The first-order valence-corrected chi connectivity index (χ1v) is 5.39. The number of halogens is 1. The molecule has 1 aromatic rings. The molecule has 0 atom stereocenters. The van der Waals surface area contributed by atoms with Crippen molar-refractivity contribution in [3.63, 3.8) is 0 Å². The second-order valence-corrected chi connectivity index (χ2v) is 4.51. The van der Waals surface area contributed by atoms with Crippen molar-refractivity contribution in [2.75, 3.05) is 0 Å². The maximum absolute atomic E-state index is 12.9. The number of rotatable bonds is 2. The van der Waals surface area contributed by atoms with Crippen LogP contribution in [0.15, 0.2) is 27.5 Å². The lowest BCUT2D eigenvalue weighted by atomic mass is 10.2. The van der Waals surface area contributed by atoms with Crippen molar-refractivity contribution in [2.24, 2.45) is 15.9 Å². The molecule has 0 bridgehead atoms. The topological polar surface area (TPSA) is 98.5 Å². The molecule has 0 aliphatic carbocycles. The molecular weight excluding hydrogens is 221 g/mol. The van der Waals surface area contributed by atoms with Crippen LogP contribution in [-0.2, 0) is 10.0 Å². The molecule has 0 amide bonds. The van der Waals surface area contributed by atoms with E-state index in [1.54, 1.807) is 0 Å². The Kier molecular flexibility index (Phi) is 2.94. The van der Waals surface area contributed by atoms with Crippen LogP contribution >= 0.6 is 0 Å². The largest absolute Gasteiger partial charge is 0.369 e. The summed E-state index contributed by atoms with van der Waals surface area (Å²) in [5.74, 6) is -1.05. The Morgan fingerprint density at radius 1 is 1.40 bits per heavy atom. The first-order valence-electron chi connectivity index (χ1n) is 3.95. The van der Waals surface area contributed by atoms with Crippen LogP contribution in [0.4, 0.5) is 4.39 Å². The van der Waals surface area contributed by atoms with Gasteiger partial charge in [0, 0.05) is 0 Å². The number of benzene rings is 1. The number of hydrogen-bond acceptors (Lipinski definition) is 2. The van der Waals surface area contributed by atoms with Crippen molar-refractivity contribution in [3.05, 3.63) is 29.6 Å². The number of nitrogens with two attached hydrogens (primary N) is 2. The van der Waals surface area contributed by atoms with Gasteiger partial charge in [-0.1, -0.05) is 0 Å². The third-order valence-electron chi connectivity index (χ3n) is 1.65. The van der Waals surface area contributed by atoms with Crippen LogP contribution in [0.1, 0.15) is 5.56 Å². The summed E-state index contributed by atoms with van der Waals surface area (Å²) in [5, 5.41) is 0. The van der Waals surface area contributed by atoms with Crippen molar-refractivity contribution >= 4 is 16.0 Å². The van der Waals surface area contributed by atoms with E-state index in [2.05, 4.69) is 4.40 Å². The van der Waals surface area contributed by atoms with Crippen LogP contribution < -0.4 is 11.5 Å². The van der Waals surface area contributed by atoms with Gasteiger partial charge in [-0.25, -0.2) is 4.39 Å². The third kappa shape index (κ3) is 2.66. The molecule has 1 rings (SSSR count). The minimum Gasteiger partial charge on any atom is -0.369 e. The quantitative estimate of drug-likeness (QED) is 0.557. The second-order valence-electron chi connectivity index (χ2n) is 2.90. The van der Waals surface area contributed by atoms with Gasteiger partial charge in [-0.15, -0.1) is 4.40 Å². The van der Waals surface area contributed by atoms with E-state index in [9.17, 15) is 12.8 Å². The van der Waals surface area contributed by atoms with E-state index in [1.807, 2.05) is 0 Å². The number of aryl methyl sites for hydroxylation is 1. The molecule has 0 aliphatic rings. The molecule has 0 spiro atoms.